The fourth-order valence-electron chi connectivity index (χ4n) is 2.35. The molecule has 4 N–H and O–H groups in total. The monoisotopic (exact) mass is 426 g/mol. The van der Waals surface area contributed by atoms with Gasteiger partial charge >= 0.3 is 0 Å². The van der Waals surface area contributed by atoms with Gasteiger partial charge in [-0.1, -0.05) is 23.9 Å². The second-order valence-corrected chi connectivity index (χ2v) is 7.04. The Morgan fingerprint density at radius 3 is 2.77 bits per heavy atom. The van der Waals surface area contributed by atoms with Crippen molar-refractivity contribution in [3.63, 3.8) is 0 Å². The van der Waals surface area contributed by atoms with Crippen LogP contribution in [0.15, 0.2) is 58.8 Å². The second-order valence-electron chi connectivity index (χ2n) is 6.10. The normalized spacial score (nSPS) is 10.8. The SMILES string of the molecule is Cc1cccc(NC(=O)CSc2nnc(N/N=C/c3ccc([N+](=O)[O-])cc3)n2N)c1. The number of nitrogens with zero attached hydrogens (tertiary/aromatic N) is 5. The highest BCUT2D eigenvalue weighted by Gasteiger charge is 2.12. The molecule has 0 saturated heterocycles. The number of thioether (sulfide) groups is 1. The Balaban J connectivity index is 1.52. The first-order valence-electron chi connectivity index (χ1n) is 8.66. The van der Waals surface area contributed by atoms with Crippen molar-refractivity contribution in [3.05, 3.63) is 69.8 Å². The van der Waals surface area contributed by atoms with E-state index < -0.39 is 4.92 Å². The fourth-order valence-corrected chi connectivity index (χ4v) is 3.00. The third-order valence-electron chi connectivity index (χ3n) is 3.78. The summed E-state index contributed by atoms with van der Waals surface area (Å²) in [7, 11) is 0. The van der Waals surface area contributed by atoms with E-state index in [1.807, 2.05) is 31.2 Å². The number of non-ortho nitro benzene ring substituents is 1. The Bertz CT molecular complexity index is 1080. The van der Waals surface area contributed by atoms with Crippen molar-refractivity contribution in [2.45, 2.75) is 12.1 Å². The number of benzene rings is 2. The van der Waals surface area contributed by atoms with Gasteiger partial charge in [-0.3, -0.25) is 14.9 Å². The molecule has 30 heavy (non-hydrogen) atoms. The summed E-state index contributed by atoms with van der Waals surface area (Å²) in [5.41, 5.74) is 5.05. The summed E-state index contributed by atoms with van der Waals surface area (Å²) in [6.07, 6.45) is 1.46. The van der Waals surface area contributed by atoms with Gasteiger partial charge in [-0.2, -0.15) is 5.10 Å². The van der Waals surface area contributed by atoms with E-state index in [9.17, 15) is 14.9 Å². The van der Waals surface area contributed by atoms with Crippen LogP contribution >= 0.6 is 11.8 Å². The highest BCUT2D eigenvalue weighted by Crippen LogP contribution is 2.18. The lowest BCUT2D eigenvalue weighted by Gasteiger charge is -2.06. The van der Waals surface area contributed by atoms with E-state index in [-0.39, 0.29) is 23.3 Å². The zero-order valence-corrected chi connectivity index (χ0v) is 16.7. The number of rotatable bonds is 8. The maximum atomic E-state index is 12.1. The van der Waals surface area contributed by atoms with Crippen LogP contribution in [0, 0.1) is 17.0 Å². The number of hydrogen-bond acceptors (Lipinski definition) is 9. The zero-order valence-electron chi connectivity index (χ0n) is 15.8. The molecule has 0 aliphatic rings. The first kappa shape index (κ1) is 20.8. The van der Waals surface area contributed by atoms with Crippen molar-refractivity contribution in [2.24, 2.45) is 5.10 Å². The number of carbonyl (C=O) groups excluding carboxylic acids is 1. The highest BCUT2D eigenvalue weighted by atomic mass is 32.2. The Kier molecular flexibility index (Phi) is 6.60. The van der Waals surface area contributed by atoms with Crippen LogP contribution in [0.2, 0.25) is 0 Å². The Labute approximate surface area is 175 Å². The van der Waals surface area contributed by atoms with E-state index >= 15 is 0 Å². The molecule has 0 radical (unpaired) electrons. The van der Waals surface area contributed by atoms with Gasteiger partial charge < -0.3 is 11.2 Å². The van der Waals surface area contributed by atoms with Gasteiger partial charge in [0.05, 0.1) is 16.9 Å². The summed E-state index contributed by atoms with van der Waals surface area (Å²) in [5.74, 6) is 6.01. The van der Waals surface area contributed by atoms with Gasteiger partial charge in [0.15, 0.2) is 0 Å². The number of nitro benzene ring substituents is 1. The number of aryl methyl sites for hydroxylation is 1. The first-order chi connectivity index (χ1) is 14.4. The smallest absolute Gasteiger partial charge is 0.269 e. The molecule has 0 saturated carbocycles. The van der Waals surface area contributed by atoms with E-state index in [2.05, 4.69) is 26.0 Å². The molecule has 1 aromatic heterocycles. The van der Waals surface area contributed by atoms with Crippen LogP contribution in [0.1, 0.15) is 11.1 Å². The molecule has 0 aliphatic carbocycles. The third-order valence-corrected chi connectivity index (χ3v) is 4.72. The van der Waals surface area contributed by atoms with Crippen LogP contribution in [0.5, 0.6) is 0 Å². The summed E-state index contributed by atoms with van der Waals surface area (Å²) < 4.78 is 1.18. The van der Waals surface area contributed by atoms with Crippen LogP contribution in [0.25, 0.3) is 0 Å². The summed E-state index contributed by atoms with van der Waals surface area (Å²) in [6, 6.07) is 13.4. The number of hydrogen-bond donors (Lipinski definition) is 3. The minimum absolute atomic E-state index is 0.00471. The van der Waals surface area contributed by atoms with Gasteiger partial charge in [0, 0.05) is 17.8 Å². The molecule has 2 aromatic carbocycles. The molecular formula is C18H18N8O3S. The van der Waals surface area contributed by atoms with Gasteiger partial charge in [-0.15, -0.1) is 10.2 Å². The van der Waals surface area contributed by atoms with Crippen LogP contribution in [0.3, 0.4) is 0 Å². The van der Waals surface area contributed by atoms with Crippen molar-refractivity contribution in [2.75, 3.05) is 22.3 Å². The molecule has 12 heteroatoms. The Morgan fingerprint density at radius 2 is 2.07 bits per heavy atom. The molecule has 11 nitrogen and oxygen atoms in total. The van der Waals surface area contributed by atoms with E-state index in [1.165, 1.54) is 23.0 Å². The third kappa shape index (κ3) is 5.54. The molecule has 0 bridgehead atoms. The maximum Gasteiger partial charge on any atom is 0.269 e. The molecule has 1 heterocycles. The van der Waals surface area contributed by atoms with Crippen molar-refractivity contribution >= 4 is 41.2 Å². The predicted octanol–water partition coefficient (Wildman–Crippen LogP) is 2.39. The molecule has 3 rings (SSSR count). The van der Waals surface area contributed by atoms with Crippen molar-refractivity contribution in [1.82, 2.24) is 14.9 Å². The minimum Gasteiger partial charge on any atom is -0.334 e. The van der Waals surface area contributed by atoms with Crippen molar-refractivity contribution < 1.29 is 9.72 Å². The van der Waals surface area contributed by atoms with E-state index in [1.54, 1.807) is 12.1 Å². The van der Waals surface area contributed by atoms with E-state index in [0.29, 0.717) is 10.7 Å². The number of amides is 1. The second kappa shape index (κ2) is 9.52. The number of aromatic nitrogens is 3. The van der Waals surface area contributed by atoms with Crippen molar-refractivity contribution in [1.29, 1.82) is 0 Å². The Hall–Kier alpha value is -3.93. The van der Waals surface area contributed by atoms with Gasteiger partial charge in [-0.05, 0) is 42.3 Å². The summed E-state index contributed by atoms with van der Waals surface area (Å²) in [6.45, 7) is 1.94. The number of nitrogens with one attached hydrogen (secondary N) is 2. The number of carbonyl (C=O) groups is 1. The van der Waals surface area contributed by atoms with E-state index in [4.69, 9.17) is 5.84 Å². The number of nitrogen functional groups attached to an aromatic ring is 1. The fraction of sp³-hybridized carbons (Fsp3) is 0.111. The number of nitrogens with two attached hydrogens (primary N) is 1. The number of hydrazone groups is 1. The standard InChI is InChI=1S/C18H18N8O3S/c1-12-3-2-4-14(9-12)21-16(27)11-30-18-24-23-17(25(18)19)22-20-10-13-5-7-15(8-6-13)26(28)29/h2-10H,11,19H2,1H3,(H,21,27)(H,22,23)/b20-10+. The summed E-state index contributed by atoms with van der Waals surface area (Å²) >= 11 is 1.13. The average Bonchev–Trinajstić information content (AvgIpc) is 3.06. The molecular weight excluding hydrogens is 408 g/mol. The Morgan fingerprint density at radius 1 is 1.30 bits per heavy atom. The van der Waals surface area contributed by atoms with Gasteiger partial charge in [0.2, 0.25) is 11.1 Å². The molecule has 154 valence electrons. The molecule has 0 aliphatic heterocycles. The van der Waals surface area contributed by atoms with Crippen molar-refractivity contribution in [3.8, 4) is 0 Å². The molecule has 0 fully saturated rings. The van der Waals surface area contributed by atoms with Gasteiger partial charge in [-0.25, -0.2) is 10.1 Å². The molecule has 0 atom stereocenters. The zero-order chi connectivity index (χ0) is 21.5. The quantitative estimate of drug-likeness (QED) is 0.163. The van der Waals surface area contributed by atoms with Crippen LogP contribution in [-0.4, -0.2) is 37.7 Å². The molecule has 0 unspecified atom stereocenters. The first-order valence-corrected chi connectivity index (χ1v) is 9.64. The van der Waals surface area contributed by atoms with Crippen LogP contribution in [0.4, 0.5) is 17.3 Å². The topological polar surface area (TPSA) is 153 Å². The van der Waals surface area contributed by atoms with Crippen LogP contribution in [-0.2, 0) is 4.79 Å². The largest absolute Gasteiger partial charge is 0.334 e. The minimum atomic E-state index is -0.476. The average molecular weight is 426 g/mol. The lowest BCUT2D eigenvalue weighted by molar-refractivity contribution is -0.384. The molecule has 0 spiro atoms. The predicted molar refractivity (Wildman–Crippen MR) is 115 cm³/mol. The lowest BCUT2D eigenvalue weighted by Crippen LogP contribution is -2.16. The maximum absolute atomic E-state index is 12.1. The van der Waals surface area contributed by atoms with Crippen LogP contribution < -0.4 is 16.6 Å². The van der Waals surface area contributed by atoms with E-state index in [0.717, 1.165) is 23.0 Å². The van der Waals surface area contributed by atoms with Gasteiger partial charge in [0.1, 0.15) is 0 Å². The molecule has 3 aromatic rings. The van der Waals surface area contributed by atoms with Gasteiger partial charge in [0.25, 0.3) is 11.6 Å². The number of anilines is 2. The highest BCUT2D eigenvalue weighted by molar-refractivity contribution is 7.99. The summed E-state index contributed by atoms with van der Waals surface area (Å²) in [4.78, 5) is 22.3. The summed E-state index contributed by atoms with van der Waals surface area (Å²) in [5, 5.41) is 25.6. The molecule has 1 amide bonds. The number of nitro groups is 1. The lowest BCUT2D eigenvalue weighted by atomic mass is 10.2.